The Kier molecular flexibility index (Phi) is 4.60. The first-order valence-electron chi connectivity index (χ1n) is 7.48. The van der Waals surface area contributed by atoms with E-state index in [0.29, 0.717) is 0 Å². The van der Waals surface area contributed by atoms with E-state index in [1.165, 1.54) is 0 Å². The molecule has 2 heteroatoms. The fourth-order valence-electron chi connectivity index (χ4n) is 3.14. The molecule has 0 N–H and O–H groups in total. The molecule has 0 aliphatic rings. The van der Waals surface area contributed by atoms with E-state index in [0.717, 1.165) is 4.37 Å². The van der Waals surface area contributed by atoms with Crippen LogP contribution >= 0.6 is 0 Å². The number of hydrogen-bond acceptors (Lipinski definition) is 0. The summed E-state index contributed by atoms with van der Waals surface area (Å²) in [6.45, 7) is 7.61. The number of benzene rings is 2. The molecule has 0 fully saturated rings. The summed E-state index contributed by atoms with van der Waals surface area (Å²) in [6, 6.07) is 22.4. The molecule has 20 heavy (non-hydrogen) atoms. The van der Waals surface area contributed by atoms with Gasteiger partial charge in [-0.15, -0.1) is 0 Å². The Bertz CT molecular complexity index is 495. The molecule has 0 bridgehead atoms. The molecule has 0 spiro atoms. The van der Waals surface area contributed by atoms with E-state index in [4.69, 9.17) is 0 Å². The molecule has 0 radical (unpaired) electrons. The quantitative estimate of drug-likeness (QED) is 0.732. The first kappa shape index (κ1) is 15.6. The summed E-state index contributed by atoms with van der Waals surface area (Å²) in [5.74, 6) is 5.16. The summed E-state index contributed by atoms with van der Waals surface area (Å²) >= 11 is -2.01. The van der Waals surface area contributed by atoms with E-state index in [-0.39, 0.29) is 0 Å². The third kappa shape index (κ3) is 2.94. The molecular formula is C18H26GeSi. The predicted octanol–water partition coefficient (Wildman–Crippen LogP) is 4.15. The van der Waals surface area contributed by atoms with Gasteiger partial charge < -0.3 is 0 Å². The van der Waals surface area contributed by atoms with E-state index in [1.807, 2.05) is 0 Å². The van der Waals surface area contributed by atoms with Crippen LogP contribution in [0.4, 0.5) is 0 Å². The first-order chi connectivity index (χ1) is 9.37. The fraction of sp³-hybridized carbons (Fsp3) is 0.333. The van der Waals surface area contributed by atoms with E-state index in [2.05, 4.69) is 92.2 Å². The van der Waals surface area contributed by atoms with E-state index >= 15 is 0 Å². The van der Waals surface area contributed by atoms with Crippen LogP contribution in [0.3, 0.4) is 0 Å². The molecule has 2 rings (SSSR count). The Hall–Kier alpha value is -0.800. The second-order valence-corrected chi connectivity index (χ2v) is 23.2. The second kappa shape index (κ2) is 5.90. The molecule has 106 valence electrons. The molecule has 2 aromatic carbocycles. The Morgan fingerprint density at radius 2 is 1.25 bits per heavy atom. The van der Waals surface area contributed by atoms with Gasteiger partial charge in [-0.05, 0) is 0 Å². The van der Waals surface area contributed by atoms with Gasteiger partial charge in [0, 0.05) is 0 Å². The van der Waals surface area contributed by atoms with E-state index < -0.39 is 21.3 Å². The summed E-state index contributed by atoms with van der Waals surface area (Å²) < 4.78 is 2.49. The minimum atomic E-state index is -2.01. The molecular weight excluding hydrogens is 317 g/mol. The number of rotatable bonds is 4. The van der Waals surface area contributed by atoms with Gasteiger partial charge in [0.05, 0.1) is 0 Å². The zero-order valence-electron chi connectivity index (χ0n) is 13.4. The van der Waals surface area contributed by atoms with Crippen LogP contribution in [0.5, 0.6) is 0 Å². The monoisotopic (exact) mass is 344 g/mol. The average Bonchev–Trinajstić information content (AvgIpc) is 2.48. The third-order valence-electron chi connectivity index (χ3n) is 5.20. The maximum atomic E-state index is 2.58. The van der Waals surface area contributed by atoms with Gasteiger partial charge in [0.1, 0.15) is 0 Å². The van der Waals surface area contributed by atoms with Crippen molar-refractivity contribution >= 4 is 30.9 Å². The van der Waals surface area contributed by atoms with Gasteiger partial charge in [0.2, 0.25) is 0 Å². The van der Waals surface area contributed by atoms with Crippen molar-refractivity contribution in [2.45, 2.75) is 35.9 Å². The van der Waals surface area contributed by atoms with Crippen LogP contribution in [0.25, 0.3) is 0 Å². The van der Waals surface area contributed by atoms with Crippen molar-refractivity contribution in [3.8, 4) is 0 Å². The predicted molar refractivity (Wildman–Crippen MR) is 96.5 cm³/mol. The topological polar surface area (TPSA) is 0 Å². The normalized spacial score (nSPS) is 14.1. The maximum absolute atomic E-state index is 2.58. The summed E-state index contributed by atoms with van der Waals surface area (Å²) in [6.07, 6.45) is 0. The molecule has 0 saturated carbocycles. The van der Waals surface area contributed by atoms with Gasteiger partial charge in [-0.25, -0.2) is 0 Å². The molecule has 0 unspecified atom stereocenters. The molecule has 2 aromatic rings. The fourth-order valence-corrected chi connectivity index (χ4v) is 23.0. The van der Waals surface area contributed by atoms with Crippen molar-refractivity contribution in [3.63, 3.8) is 0 Å². The van der Waals surface area contributed by atoms with Crippen molar-refractivity contribution in [2.24, 2.45) is 0 Å². The molecule has 1 atom stereocenters. The first-order valence-corrected chi connectivity index (χ1v) is 17.0. The standard InChI is InChI=1S/C18H26GeSi/c1-16(19(2,3)17-12-8-6-9-13-17)20(4,5)18-14-10-7-11-15-18/h6-16H,1-5H3/t16-/m1/s1. The van der Waals surface area contributed by atoms with Crippen molar-refractivity contribution in [3.05, 3.63) is 60.7 Å². The van der Waals surface area contributed by atoms with Gasteiger partial charge in [-0.1, -0.05) is 0 Å². The van der Waals surface area contributed by atoms with Crippen LogP contribution in [0, 0.1) is 0 Å². The van der Waals surface area contributed by atoms with Crippen LogP contribution < -0.4 is 9.58 Å². The SMILES string of the molecule is C[C@@H]([Si](C)(C)c1ccccc1)[Ge]([CH3])([CH3])[c]1ccccc1. The second-order valence-electron chi connectivity index (χ2n) is 6.90. The Morgan fingerprint density at radius 1 is 0.800 bits per heavy atom. The van der Waals surface area contributed by atoms with Crippen LogP contribution in [0.15, 0.2) is 60.7 Å². The zero-order chi connectivity index (χ0) is 14.8. The number of hydrogen-bond donors (Lipinski definition) is 0. The zero-order valence-corrected chi connectivity index (χ0v) is 16.4. The summed E-state index contributed by atoms with van der Waals surface area (Å²) in [5.41, 5.74) is 0. The molecule has 0 saturated heterocycles. The van der Waals surface area contributed by atoms with Gasteiger partial charge in [-0.2, -0.15) is 0 Å². The molecule has 0 nitrogen and oxygen atoms in total. The molecule has 0 aliphatic carbocycles. The summed E-state index contributed by atoms with van der Waals surface area (Å²) in [4.78, 5) is 0. The Balaban J connectivity index is 2.37. The van der Waals surface area contributed by atoms with E-state index in [9.17, 15) is 0 Å². The Morgan fingerprint density at radius 3 is 1.75 bits per heavy atom. The van der Waals surface area contributed by atoms with Crippen molar-refractivity contribution < 1.29 is 0 Å². The third-order valence-corrected chi connectivity index (χ3v) is 25.8. The van der Waals surface area contributed by atoms with Crippen molar-refractivity contribution in [1.29, 1.82) is 0 Å². The van der Waals surface area contributed by atoms with Gasteiger partial charge >= 0.3 is 127 Å². The van der Waals surface area contributed by atoms with E-state index in [1.54, 1.807) is 9.58 Å². The molecule has 0 aromatic heterocycles. The van der Waals surface area contributed by atoms with Crippen LogP contribution in [-0.4, -0.2) is 21.3 Å². The Labute approximate surface area is 127 Å². The van der Waals surface area contributed by atoms with Crippen LogP contribution in [0.2, 0.25) is 29.0 Å². The van der Waals surface area contributed by atoms with Crippen LogP contribution in [-0.2, 0) is 0 Å². The van der Waals surface area contributed by atoms with Gasteiger partial charge in [-0.3, -0.25) is 0 Å². The van der Waals surface area contributed by atoms with Gasteiger partial charge in [0.15, 0.2) is 0 Å². The summed E-state index contributed by atoms with van der Waals surface area (Å²) in [7, 11) is -1.42. The molecule has 0 heterocycles. The van der Waals surface area contributed by atoms with Gasteiger partial charge in [0.25, 0.3) is 0 Å². The van der Waals surface area contributed by atoms with Crippen LogP contribution in [0.1, 0.15) is 6.92 Å². The average molecular weight is 343 g/mol. The van der Waals surface area contributed by atoms with Crippen molar-refractivity contribution in [2.75, 3.05) is 0 Å². The van der Waals surface area contributed by atoms with Crippen molar-refractivity contribution in [1.82, 2.24) is 0 Å². The minimum absolute atomic E-state index is 0.854. The molecule has 0 amide bonds. The molecule has 0 aliphatic heterocycles. The summed E-state index contributed by atoms with van der Waals surface area (Å²) in [5, 5.41) is 1.60.